The van der Waals surface area contributed by atoms with E-state index in [-0.39, 0.29) is 12.0 Å². The minimum Gasteiger partial charge on any atom is -0.391 e. The van der Waals surface area contributed by atoms with Gasteiger partial charge in [-0.2, -0.15) is 0 Å². The maximum atomic E-state index is 11.7. The van der Waals surface area contributed by atoms with Crippen molar-refractivity contribution in [2.75, 3.05) is 13.1 Å². The van der Waals surface area contributed by atoms with Crippen LogP contribution in [0.25, 0.3) is 6.08 Å². The molecule has 1 amide bonds. The second kappa shape index (κ2) is 4.99. The Hall–Kier alpha value is -0.840. The van der Waals surface area contributed by atoms with Gasteiger partial charge in [0.2, 0.25) is 5.91 Å². The Kier molecular flexibility index (Phi) is 3.63. The summed E-state index contributed by atoms with van der Waals surface area (Å²) in [5.74, 6) is -0.0546. The Bertz CT molecular complexity index is 416. The van der Waals surface area contributed by atoms with Crippen LogP contribution in [0.15, 0.2) is 18.2 Å². The van der Waals surface area contributed by atoms with Gasteiger partial charge in [-0.25, -0.2) is 0 Å². The molecule has 86 valence electrons. The molecule has 1 unspecified atom stereocenters. The zero-order chi connectivity index (χ0) is 11.5. The van der Waals surface area contributed by atoms with Gasteiger partial charge in [0.1, 0.15) is 0 Å². The highest BCUT2D eigenvalue weighted by Crippen LogP contribution is 2.22. The number of halogens is 1. The van der Waals surface area contributed by atoms with E-state index in [0.29, 0.717) is 23.8 Å². The predicted octanol–water partition coefficient (Wildman–Crippen LogP) is 2.01. The number of hydrogen-bond donors (Lipinski definition) is 1. The molecule has 0 spiro atoms. The van der Waals surface area contributed by atoms with Crippen LogP contribution in [0.2, 0.25) is 4.34 Å². The third-order valence-electron chi connectivity index (χ3n) is 2.46. The van der Waals surface area contributed by atoms with Crippen LogP contribution in [0.3, 0.4) is 0 Å². The second-order valence-electron chi connectivity index (χ2n) is 3.70. The largest absolute Gasteiger partial charge is 0.391 e. The Morgan fingerprint density at radius 3 is 3.00 bits per heavy atom. The molecule has 0 bridgehead atoms. The van der Waals surface area contributed by atoms with Gasteiger partial charge in [0.05, 0.1) is 10.4 Å². The minimum absolute atomic E-state index is 0.0546. The van der Waals surface area contributed by atoms with Crippen molar-refractivity contribution >= 4 is 34.9 Å². The van der Waals surface area contributed by atoms with Crippen LogP contribution >= 0.6 is 22.9 Å². The first kappa shape index (κ1) is 11.6. The molecule has 0 radical (unpaired) electrons. The maximum Gasteiger partial charge on any atom is 0.246 e. The van der Waals surface area contributed by atoms with Crippen LogP contribution in [-0.2, 0) is 4.79 Å². The molecule has 1 N–H and O–H groups in total. The van der Waals surface area contributed by atoms with Crippen LogP contribution in [0.1, 0.15) is 11.3 Å². The molecule has 0 aromatic carbocycles. The van der Waals surface area contributed by atoms with E-state index in [1.807, 2.05) is 6.07 Å². The molecule has 5 heteroatoms. The van der Waals surface area contributed by atoms with Gasteiger partial charge in [-0.1, -0.05) is 11.6 Å². The molecule has 16 heavy (non-hydrogen) atoms. The highest BCUT2D eigenvalue weighted by atomic mass is 35.5. The van der Waals surface area contributed by atoms with E-state index < -0.39 is 0 Å². The highest BCUT2D eigenvalue weighted by Gasteiger charge is 2.22. The van der Waals surface area contributed by atoms with Crippen LogP contribution in [0.5, 0.6) is 0 Å². The monoisotopic (exact) mass is 257 g/mol. The molecule has 1 aromatic heterocycles. The fraction of sp³-hybridized carbons (Fsp3) is 0.364. The number of carbonyl (C=O) groups is 1. The number of hydrogen-bond acceptors (Lipinski definition) is 3. The zero-order valence-corrected chi connectivity index (χ0v) is 10.2. The van der Waals surface area contributed by atoms with E-state index in [9.17, 15) is 9.90 Å². The molecular formula is C11H12ClNO2S. The van der Waals surface area contributed by atoms with Gasteiger partial charge in [-0.05, 0) is 24.6 Å². The van der Waals surface area contributed by atoms with E-state index in [0.717, 1.165) is 4.88 Å². The molecule has 1 saturated heterocycles. The summed E-state index contributed by atoms with van der Waals surface area (Å²) in [5, 5.41) is 9.30. The third-order valence-corrected chi connectivity index (χ3v) is 3.66. The van der Waals surface area contributed by atoms with Crippen molar-refractivity contribution in [3.8, 4) is 0 Å². The van der Waals surface area contributed by atoms with Gasteiger partial charge in [-0.15, -0.1) is 11.3 Å². The van der Waals surface area contributed by atoms with Gasteiger partial charge in [0.25, 0.3) is 0 Å². The van der Waals surface area contributed by atoms with Crippen LogP contribution in [0.4, 0.5) is 0 Å². The molecule has 3 nitrogen and oxygen atoms in total. The number of thiophene rings is 1. The average Bonchev–Trinajstić information content (AvgIpc) is 2.84. The predicted molar refractivity (Wildman–Crippen MR) is 65.6 cm³/mol. The summed E-state index contributed by atoms with van der Waals surface area (Å²) in [6.45, 7) is 1.07. The van der Waals surface area contributed by atoms with Gasteiger partial charge in [0, 0.05) is 24.0 Å². The Morgan fingerprint density at radius 1 is 1.62 bits per heavy atom. The Morgan fingerprint density at radius 2 is 2.44 bits per heavy atom. The van der Waals surface area contributed by atoms with Crippen LogP contribution in [0, 0.1) is 0 Å². The summed E-state index contributed by atoms with van der Waals surface area (Å²) in [7, 11) is 0. The summed E-state index contributed by atoms with van der Waals surface area (Å²) in [6.07, 6.45) is 3.59. The molecule has 1 aromatic rings. The normalized spacial score (nSPS) is 20.9. The summed E-state index contributed by atoms with van der Waals surface area (Å²) >= 11 is 7.21. The number of β-amino-alcohol motifs (C(OH)–C–C–N with tert-alkyl or cyclic N) is 1. The highest BCUT2D eigenvalue weighted by molar-refractivity contribution is 7.17. The number of rotatable bonds is 2. The van der Waals surface area contributed by atoms with Gasteiger partial charge in [-0.3, -0.25) is 4.79 Å². The number of aliphatic hydroxyl groups excluding tert-OH is 1. The molecular weight excluding hydrogens is 246 g/mol. The van der Waals surface area contributed by atoms with Crippen LogP contribution < -0.4 is 0 Å². The lowest BCUT2D eigenvalue weighted by Gasteiger charge is -2.11. The van der Waals surface area contributed by atoms with E-state index in [1.165, 1.54) is 17.4 Å². The topological polar surface area (TPSA) is 40.5 Å². The third kappa shape index (κ3) is 2.84. The van der Waals surface area contributed by atoms with Gasteiger partial charge >= 0.3 is 0 Å². The van der Waals surface area contributed by atoms with E-state index in [2.05, 4.69) is 0 Å². The average molecular weight is 258 g/mol. The molecule has 1 atom stereocenters. The summed E-state index contributed by atoms with van der Waals surface area (Å²) in [5.41, 5.74) is 0. The number of amides is 1. The molecule has 1 fully saturated rings. The molecule has 0 saturated carbocycles. The SMILES string of the molecule is O=C(C=Cc1ccc(Cl)s1)N1CCC(O)C1. The second-order valence-corrected chi connectivity index (χ2v) is 5.45. The molecule has 2 heterocycles. The maximum absolute atomic E-state index is 11.7. The first-order valence-corrected chi connectivity index (χ1v) is 6.25. The molecule has 1 aliphatic heterocycles. The van der Waals surface area contributed by atoms with E-state index in [4.69, 9.17) is 11.6 Å². The van der Waals surface area contributed by atoms with Gasteiger partial charge < -0.3 is 10.0 Å². The van der Waals surface area contributed by atoms with E-state index >= 15 is 0 Å². The zero-order valence-electron chi connectivity index (χ0n) is 8.60. The van der Waals surface area contributed by atoms with E-state index in [1.54, 1.807) is 17.0 Å². The number of nitrogens with zero attached hydrogens (tertiary/aromatic N) is 1. The first-order valence-electron chi connectivity index (χ1n) is 5.05. The van der Waals surface area contributed by atoms with Crippen molar-refractivity contribution in [3.63, 3.8) is 0 Å². The minimum atomic E-state index is -0.367. The summed E-state index contributed by atoms with van der Waals surface area (Å²) in [4.78, 5) is 14.3. The Labute approximate surface area is 103 Å². The van der Waals surface area contributed by atoms with Crippen LogP contribution in [-0.4, -0.2) is 35.1 Å². The van der Waals surface area contributed by atoms with Crippen molar-refractivity contribution in [3.05, 3.63) is 27.4 Å². The van der Waals surface area contributed by atoms with Crippen molar-refractivity contribution in [1.29, 1.82) is 0 Å². The van der Waals surface area contributed by atoms with Gasteiger partial charge in [0.15, 0.2) is 0 Å². The molecule has 2 rings (SSSR count). The quantitative estimate of drug-likeness (QED) is 0.824. The van der Waals surface area contributed by atoms with Crippen molar-refractivity contribution < 1.29 is 9.90 Å². The standard InChI is InChI=1S/C11H12ClNO2S/c12-10-3-1-9(16-10)2-4-11(15)13-6-5-8(14)7-13/h1-4,8,14H,5-7H2. The number of carbonyl (C=O) groups excluding carboxylic acids is 1. The Balaban J connectivity index is 1.94. The lowest BCUT2D eigenvalue weighted by atomic mass is 10.3. The van der Waals surface area contributed by atoms with Crippen molar-refractivity contribution in [2.24, 2.45) is 0 Å². The smallest absolute Gasteiger partial charge is 0.246 e. The fourth-order valence-electron chi connectivity index (χ4n) is 1.62. The van der Waals surface area contributed by atoms with Crippen molar-refractivity contribution in [2.45, 2.75) is 12.5 Å². The fourth-order valence-corrected chi connectivity index (χ4v) is 2.58. The van der Waals surface area contributed by atoms with Crippen molar-refractivity contribution in [1.82, 2.24) is 4.90 Å². The first-order chi connectivity index (χ1) is 7.65. The molecule has 0 aliphatic carbocycles. The number of likely N-dealkylation sites (tertiary alicyclic amines) is 1. The summed E-state index contributed by atoms with van der Waals surface area (Å²) < 4.78 is 0.712. The lowest BCUT2D eigenvalue weighted by Crippen LogP contribution is -2.27. The summed E-state index contributed by atoms with van der Waals surface area (Å²) in [6, 6.07) is 3.67. The molecule has 1 aliphatic rings. The number of aliphatic hydroxyl groups is 1. The lowest BCUT2D eigenvalue weighted by molar-refractivity contribution is -0.125.